The molecule has 1 unspecified atom stereocenters. The lowest BCUT2D eigenvalue weighted by atomic mass is 10.5. The number of halogens is 3. The summed E-state index contributed by atoms with van der Waals surface area (Å²) in [4.78, 5) is 3.86. The Morgan fingerprint density at radius 1 is 1.47 bits per heavy atom. The maximum Gasteiger partial charge on any atom is 0.522 e. The zero-order valence-corrected chi connectivity index (χ0v) is 8.98. The number of alkyl halides is 3. The van der Waals surface area contributed by atoms with E-state index in [9.17, 15) is 13.2 Å². The van der Waals surface area contributed by atoms with E-state index in [2.05, 4.69) is 9.73 Å². The van der Waals surface area contributed by atoms with Gasteiger partial charge in [-0.15, -0.1) is 13.2 Å². The molecule has 9 heteroatoms. The van der Waals surface area contributed by atoms with Crippen LogP contribution in [-0.4, -0.2) is 43.9 Å². The van der Waals surface area contributed by atoms with Crippen LogP contribution < -0.4 is 5.84 Å². The Morgan fingerprint density at radius 2 is 2.18 bits per heavy atom. The van der Waals surface area contributed by atoms with E-state index in [1.165, 1.54) is 24.4 Å². The van der Waals surface area contributed by atoms with Crippen molar-refractivity contribution in [3.63, 3.8) is 0 Å². The Bertz CT molecular complexity index is 306. The van der Waals surface area contributed by atoms with E-state index in [0.29, 0.717) is 0 Å². The van der Waals surface area contributed by atoms with Gasteiger partial charge in [0.1, 0.15) is 6.61 Å². The number of hydrogen-bond donors (Lipinski definition) is 1. The molecule has 1 aliphatic rings. The van der Waals surface area contributed by atoms with E-state index in [1.807, 2.05) is 0 Å². The molecule has 0 aromatic rings. The molecule has 0 fully saturated rings. The van der Waals surface area contributed by atoms with Crippen molar-refractivity contribution in [2.45, 2.75) is 12.7 Å². The van der Waals surface area contributed by atoms with Crippen molar-refractivity contribution in [2.75, 3.05) is 20.3 Å². The molecule has 1 heterocycles. The maximum absolute atomic E-state index is 11.6. The average Bonchev–Trinajstić information content (AvgIpc) is 2.25. The summed E-state index contributed by atoms with van der Waals surface area (Å²) in [7, 11) is 1.39. The third-order valence-electron chi connectivity index (χ3n) is 1.69. The molecule has 0 aromatic heterocycles. The zero-order valence-electron chi connectivity index (χ0n) is 8.98. The molecule has 0 saturated heterocycles. The molecule has 6 nitrogen and oxygen atoms in total. The second-order valence-corrected chi connectivity index (χ2v) is 2.93. The Balaban J connectivity index is 2.30. The van der Waals surface area contributed by atoms with Gasteiger partial charge in [-0.05, 0) is 0 Å². The highest BCUT2D eigenvalue weighted by Crippen LogP contribution is 2.15. The van der Waals surface area contributed by atoms with Crippen LogP contribution >= 0.6 is 0 Å². The van der Waals surface area contributed by atoms with Crippen LogP contribution in [0.3, 0.4) is 0 Å². The second kappa shape index (κ2) is 5.84. The predicted molar refractivity (Wildman–Crippen MR) is 51.4 cm³/mol. The number of nitrogens with zero attached hydrogens (tertiary/aromatic N) is 2. The summed E-state index contributed by atoms with van der Waals surface area (Å²) < 4.78 is 48.2. The highest BCUT2D eigenvalue weighted by molar-refractivity contribution is 5.88. The van der Waals surface area contributed by atoms with Crippen LogP contribution in [0.25, 0.3) is 0 Å². The van der Waals surface area contributed by atoms with Gasteiger partial charge in [-0.3, -0.25) is 9.75 Å². The molecule has 0 spiro atoms. The van der Waals surface area contributed by atoms with Gasteiger partial charge < -0.3 is 9.47 Å². The quantitative estimate of drug-likeness (QED) is 0.587. The number of hydrogen-bond acceptors (Lipinski definition) is 6. The van der Waals surface area contributed by atoms with Gasteiger partial charge in [-0.1, -0.05) is 0 Å². The standard InChI is InChI=1S/C8H12F3N3O3/c1-15-7-13-6(2-3-14(7)12)16-4-5-17-8(9,10)11/h2-3,7H,4-5,12H2,1H3. The van der Waals surface area contributed by atoms with Gasteiger partial charge in [0.25, 0.3) is 0 Å². The Labute approximate surface area is 95.4 Å². The van der Waals surface area contributed by atoms with E-state index in [0.717, 1.165) is 0 Å². The number of aliphatic imine (C=N–C) groups is 1. The summed E-state index contributed by atoms with van der Waals surface area (Å²) in [5.74, 6) is 5.58. The molecule has 0 amide bonds. The fourth-order valence-electron chi connectivity index (χ4n) is 1.01. The van der Waals surface area contributed by atoms with Gasteiger partial charge in [-0.25, -0.2) is 5.84 Å². The third kappa shape index (κ3) is 5.02. The molecule has 0 saturated carbocycles. The number of methoxy groups -OCH3 is 1. The summed E-state index contributed by atoms with van der Waals surface area (Å²) in [5.41, 5.74) is 0. The summed E-state index contributed by atoms with van der Waals surface area (Å²) in [6.07, 6.45) is -2.57. The fourth-order valence-corrected chi connectivity index (χ4v) is 1.01. The summed E-state index contributed by atoms with van der Waals surface area (Å²) in [5, 5.41) is 1.18. The van der Waals surface area contributed by atoms with Crippen LogP contribution in [0.15, 0.2) is 17.3 Å². The molecule has 98 valence electrons. The topological polar surface area (TPSA) is 69.3 Å². The van der Waals surface area contributed by atoms with E-state index >= 15 is 0 Å². The number of ether oxygens (including phenoxy) is 3. The Hall–Kier alpha value is -1.32. The van der Waals surface area contributed by atoms with Gasteiger partial charge >= 0.3 is 6.36 Å². The van der Waals surface area contributed by atoms with E-state index in [4.69, 9.17) is 15.3 Å². The summed E-state index contributed by atoms with van der Waals surface area (Å²) >= 11 is 0. The van der Waals surface area contributed by atoms with Crippen molar-refractivity contribution >= 4 is 5.90 Å². The highest BCUT2D eigenvalue weighted by atomic mass is 19.4. The number of nitrogens with two attached hydrogens (primary N) is 1. The van der Waals surface area contributed by atoms with Gasteiger partial charge in [0.05, 0.1) is 6.61 Å². The first-order chi connectivity index (χ1) is 7.92. The summed E-state index contributed by atoms with van der Waals surface area (Å²) in [6, 6.07) is 0. The largest absolute Gasteiger partial charge is 0.522 e. The molecule has 0 bridgehead atoms. The smallest absolute Gasteiger partial charge is 0.475 e. The molecule has 0 aromatic carbocycles. The molecule has 1 atom stereocenters. The Kier molecular flexibility index (Phi) is 4.73. The van der Waals surface area contributed by atoms with E-state index in [-0.39, 0.29) is 12.5 Å². The van der Waals surface area contributed by atoms with Crippen molar-refractivity contribution < 1.29 is 27.4 Å². The van der Waals surface area contributed by atoms with Gasteiger partial charge in [-0.2, -0.15) is 4.99 Å². The minimum Gasteiger partial charge on any atom is -0.475 e. The first-order valence-electron chi connectivity index (χ1n) is 4.57. The van der Waals surface area contributed by atoms with Crippen LogP contribution in [0, 0.1) is 0 Å². The first kappa shape index (κ1) is 13.7. The zero-order chi connectivity index (χ0) is 12.9. The lowest BCUT2D eigenvalue weighted by Crippen LogP contribution is -2.39. The van der Waals surface area contributed by atoms with Crippen LogP contribution in [0.2, 0.25) is 0 Å². The second-order valence-electron chi connectivity index (χ2n) is 2.93. The molecule has 0 radical (unpaired) electrons. The van der Waals surface area contributed by atoms with Crippen LogP contribution in [0.1, 0.15) is 0 Å². The normalized spacial score (nSPS) is 20.4. The first-order valence-corrected chi connectivity index (χ1v) is 4.57. The van der Waals surface area contributed by atoms with Crippen LogP contribution in [0.5, 0.6) is 0 Å². The molecule has 1 rings (SSSR count). The fraction of sp³-hybridized carbons (Fsp3) is 0.625. The number of hydrazine groups is 1. The molecule has 17 heavy (non-hydrogen) atoms. The van der Waals surface area contributed by atoms with E-state index in [1.54, 1.807) is 0 Å². The molecule has 1 aliphatic heterocycles. The van der Waals surface area contributed by atoms with Crippen LogP contribution in [0.4, 0.5) is 13.2 Å². The minimum absolute atomic E-state index is 0.129. The molecule has 0 aliphatic carbocycles. The van der Waals surface area contributed by atoms with Crippen molar-refractivity contribution in [3.8, 4) is 0 Å². The summed E-state index contributed by atoms with van der Waals surface area (Å²) in [6.45, 7) is -0.885. The third-order valence-corrected chi connectivity index (χ3v) is 1.69. The maximum atomic E-state index is 11.6. The lowest BCUT2D eigenvalue weighted by molar-refractivity contribution is -0.326. The minimum atomic E-state index is -4.66. The molecule has 2 N–H and O–H groups in total. The monoisotopic (exact) mass is 255 g/mol. The SMILES string of the molecule is COC1N=C(OCCOC(F)(F)F)C=CN1N. The van der Waals surface area contributed by atoms with Crippen LogP contribution in [-0.2, 0) is 14.2 Å². The van der Waals surface area contributed by atoms with E-state index < -0.39 is 19.3 Å². The van der Waals surface area contributed by atoms with Gasteiger partial charge in [0, 0.05) is 19.4 Å². The Morgan fingerprint density at radius 3 is 2.76 bits per heavy atom. The average molecular weight is 255 g/mol. The molecular formula is C8H12F3N3O3. The number of rotatable bonds is 4. The van der Waals surface area contributed by atoms with Gasteiger partial charge in [0.15, 0.2) is 0 Å². The van der Waals surface area contributed by atoms with Gasteiger partial charge in [0.2, 0.25) is 12.2 Å². The lowest BCUT2D eigenvalue weighted by Gasteiger charge is -2.24. The predicted octanol–water partition coefficient (Wildman–Crippen LogP) is 0.571. The van der Waals surface area contributed by atoms with Crippen molar-refractivity contribution in [2.24, 2.45) is 10.8 Å². The highest BCUT2D eigenvalue weighted by Gasteiger charge is 2.28. The van der Waals surface area contributed by atoms with Crippen molar-refractivity contribution in [3.05, 3.63) is 12.3 Å². The van der Waals surface area contributed by atoms with Crippen molar-refractivity contribution in [1.82, 2.24) is 5.01 Å². The van der Waals surface area contributed by atoms with Crippen molar-refractivity contribution in [1.29, 1.82) is 0 Å². The molecular weight excluding hydrogens is 243 g/mol.